The Morgan fingerprint density at radius 1 is 1.10 bits per heavy atom. The maximum absolute atomic E-state index is 12.4. The van der Waals surface area contributed by atoms with Crippen molar-refractivity contribution >= 4 is 22.5 Å². The van der Waals surface area contributed by atoms with Crippen LogP contribution in [0.2, 0.25) is 0 Å². The fourth-order valence-corrected chi connectivity index (χ4v) is 2.27. The lowest BCUT2D eigenvalue weighted by Gasteiger charge is -2.10. The summed E-state index contributed by atoms with van der Waals surface area (Å²) in [6, 6.07) is 14.2. The Morgan fingerprint density at radius 2 is 1.90 bits per heavy atom. The third-order valence-electron chi connectivity index (χ3n) is 3.44. The highest BCUT2D eigenvalue weighted by Crippen LogP contribution is 2.24. The number of hydrogen-bond acceptors (Lipinski definition) is 3. The monoisotopic (exact) mass is 278 g/mol. The Morgan fingerprint density at radius 3 is 2.76 bits per heavy atom. The number of nitrogens with zero attached hydrogens (tertiary/aromatic N) is 1. The van der Waals surface area contributed by atoms with Crippen LogP contribution in [0.3, 0.4) is 0 Å². The van der Waals surface area contributed by atoms with E-state index in [1.165, 1.54) is 0 Å². The second-order valence-electron chi connectivity index (χ2n) is 4.78. The van der Waals surface area contributed by atoms with Crippen LogP contribution in [0, 0.1) is 6.92 Å². The summed E-state index contributed by atoms with van der Waals surface area (Å²) >= 11 is 0. The standard InChI is InChI=1S/C17H14N2O2/c1-11-12(5-2-9-16(11)20)17(21)19-15-8-3-7-14-13(15)6-4-10-18-14/h2-10,20H,1H3,(H,19,21). The number of phenols is 1. The summed E-state index contributed by atoms with van der Waals surface area (Å²) in [4.78, 5) is 16.7. The van der Waals surface area contributed by atoms with E-state index >= 15 is 0 Å². The quantitative estimate of drug-likeness (QED) is 0.754. The van der Waals surface area contributed by atoms with Gasteiger partial charge in [-0.15, -0.1) is 0 Å². The molecule has 0 atom stereocenters. The van der Waals surface area contributed by atoms with Crippen molar-refractivity contribution in [2.45, 2.75) is 6.92 Å². The molecule has 1 amide bonds. The van der Waals surface area contributed by atoms with Gasteiger partial charge in [0.1, 0.15) is 5.75 Å². The maximum atomic E-state index is 12.4. The molecule has 3 aromatic rings. The number of pyridine rings is 1. The topological polar surface area (TPSA) is 62.2 Å². The van der Waals surface area contributed by atoms with Crippen LogP contribution in [0.5, 0.6) is 5.75 Å². The molecular weight excluding hydrogens is 264 g/mol. The van der Waals surface area contributed by atoms with Gasteiger partial charge in [0.2, 0.25) is 0 Å². The van der Waals surface area contributed by atoms with Gasteiger partial charge in [-0.05, 0) is 43.3 Å². The SMILES string of the molecule is Cc1c(O)cccc1C(=O)Nc1cccc2ncccc12. The summed E-state index contributed by atoms with van der Waals surface area (Å²) in [5.41, 5.74) is 2.54. The van der Waals surface area contributed by atoms with Crippen LogP contribution >= 0.6 is 0 Å². The molecule has 0 aliphatic heterocycles. The molecule has 0 spiro atoms. The molecule has 0 fully saturated rings. The van der Waals surface area contributed by atoms with Gasteiger partial charge in [0.25, 0.3) is 5.91 Å². The highest BCUT2D eigenvalue weighted by Gasteiger charge is 2.12. The van der Waals surface area contributed by atoms with Gasteiger partial charge in [-0.1, -0.05) is 12.1 Å². The van der Waals surface area contributed by atoms with Gasteiger partial charge in [0.05, 0.1) is 11.2 Å². The van der Waals surface area contributed by atoms with Crippen LogP contribution in [0.1, 0.15) is 15.9 Å². The van der Waals surface area contributed by atoms with Crippen molar-refractivity contribution in [3.05, 3.63) is 65.9 Å². The number of fused-ring (bicyclic) bond motifs is 1. The van der Waals surface area contributed by atoms with Crippen molar-refractivity contribution in [2.75, 3.05) is 5.32 Å². The van der Waals surface area contributed by atoms with E-state index < -0.39 is 0 Å². The number of amides is 1. The van der Waals surface area contributed by atoms with Crippen molar-refractivity contribution in [3.63, 3.8) is 0 Å². The van der Waals surface area contributed by atoms with E-state index in [1.54, 1.807) is 31.3 Å². The number of aromatic nitrogens is 1. The minimum atomic E-state index is -0.250. The summed E-state index contributed by atoms with van der Waals surface area (Å²) in [7, 11) is 0. The number of anilines is 1. The summed E-state index contributed by atoms with van der Waals surface area (Å²) in [6.45, 7) is 1.72. The zero-order chi connectivity index (χ0) is 14.8. The number of carbonyl (C=O) groups excluding carboxylic acids is 1. The third-order valence-corrected chi connectivity index (χ3v) is 3.44. The lowest BCUT2D eigenvalue weighted by molar-refractivity contribution is 0.102. The highest BCUT2D eigenvalue weighted by molar-refractivity contribution is 6.09. The van der Waals surface area contributed by atoms with E-state index in [4.69, 9.17) is 0 Å². The van der Waals surface area contributed by atoms with Crippen molar-refractivity contribution in [3.8, 4) is 5.75 Å². The molecule has 4 nitrogen and oxygen atoms in total. The van der Waals surface area contributed by atoms with Gasteiger partial charge in [-0.25, -0.2) is 0 Å². The minimum absolute atomic E-state index is 0.113. The normalized spacial score (nSPS) is 10.5. The van der Waals surface area contributed by atoms with Crippen molar-refractivity contribution in [2.24, 2.45) is 0 Å². The number of phenolic OH excluding ortho intramolecular Hbond substituents is 1. The molecule has 0 bridgehead atoms. The predicted octanol–water partition coefficient (Wildman–Crippen LogP) is 3.50. The Kier molecular flexibility index (Phi) is 3.28. The smallest absolute Gasteiger partial charge is 0.256 e. The van der Waals surface area contributed by atoms with Crippen LogP contribution in [0.15, 0.2) is 54.7 Å². The Hall–Kier alpha value is -2.88. The van der Waals surface area contributed by atoms with E-state index in [-0.39, 0.29) is 11.7 Å². The summed E-state index contributed by atoms with van der Waals surface area (Å²) < 4.78 is 0. The lowest BCUT2D eigenvalue weighted by Crippen LogP contribution is -2.13. The molecule has 3 rings (SSSR count). The molecule has 0 saturated heterocycles. The average molecular weight is 278 g/mol. The first kappa shape index (κ1) is 13.1. The van der Waals surface area contributed by atoms with E-state index in [0.717, 1.165) is 10.9 Å². The molecule has 1 aromatic heterocycles. The highest BCUT2D eigenvalue weighted by atomic mass is 16.3. The lowest BCUT2D eigenvalue weighted by atomic mass is 10.1. The van der Waals surface area contributed by atoms with E-state index in [2.05, 4.69) is 10.3 Å². The molecular formula is C17H14N2O2. The van der Waals surface area contributed by atoms with E-state index in [9.17, 15) is 9.90 Å². The fraction of sp³-hybridized carbons (Fsp3) is 0.0588. The largest absolute Gasteiger partial charge is 0.508 e. The zero-order valence-corrected chi connectivity index (χ0v) is 11.5. The second-order valence-corrected chi connectivity index (χ2v) is 4.78. The van der Waals surface area contributed by atoms with Gasteiger partial charge in [-0.3, -0.25) is 9.78 Å². The van der Waals surface area contributed by atoms with Crippen LogP contribution in [0.4, 0.5) is 5.69 Å². The Bertz CT molecular complexity index is 823. The van der Waals surface area contributed by atoms with Crippen LogP contribution < -0.4 is 5.32 Å². The van der Waals surface area contributed by atoms with E-state index in [1.807, 2.05) is 30.3 Å². The number of benzene rings is 2. The molecule has 0 unspecified atom stereocenters. The zero-order valence-electron chi connectivity index (χ0n) is 11.5. The molecule has 21 heavy (non-hydrogen) atoms. The minimum Gasteiger partial charge on any atom is -0.508 e. The molecule has 2 aromatic carbocycles. The Balaban J connectivity index is 1.99. The third kappa shape index (κ3) is 2.43. The van der Waals surface area contributed by atoms with Crippen molar-refractivity contribution < 1.29 is 9.90 Å². The first-order valence-electron chi connectivity index (χ1n) is 6.60. The van der Waals surface area contributed by atoms with Crippen LogP contribution in [-0.4, -0.2) is 16.0 Å². The van der Waals surface area contributed by atoms with Crippen LogP contribution in [-0.2, 0) is 0 Å². The predicted molar refractivity (Wildman–Crippen MR) is 82.5 cm³/mol. The molecule has 104 valence electrons. The molecule has 2 N–H and O–H groups in total. The van der Waals surface area contributed by atoms with Gasteiger partial charge in [0.15, 0.2) is 0 Å². The molecule has 4 heteroatoms. The molecule has 1 heterocycles. The van der Waals surface area contributed by atoms with Crippen molar-refractivity contribution in [1.82, 2.24) is 4.98 Å². The molecule has 0 aliphatic carbocycles. The molecule has 0 saturated carbocycles. The van der Waals surface area contributed by atoms with Gasteiger partial charge >= 0.3 is 0 Å². The number of hydrogen-bond donors (Lipinski definition) is 2. The number of carbonyl (C=O) groups is 1. The second kappa shape index (κ2) is 5.25. The average Bonchev–Trinajstić information content (AvgIpc) is 2.50. The fourth-order valence-electron chi connectivity index (χ4n) is 2.27. The summed E-state index contributed by atoms with van der Waals surface area (Å²) in [6.07, 6.45) is 1.72. The number of rotatable bonds is 2. The summed E-state index contributed by atoms with van der Waals surface area (Å²) in [5.74, 6) is -0.137. The van der Waals surface area contributed by atoms with Gasteiger partial charge in [0, 0.05) is 22.7 Å². The van der Waals surface area contributed by atoms with Crippen molar-refractivity contribution in [1.29, 1.82) is 0 Å². The van der Waals surface area contributed by atoms with Gasteiger partial charge in [-0.2, -0.15) is 0 Å². The van der Waals surface area contributed by atoms with Gasteiger partial charge < -0.3 is 10.4 Å². The summed E-state index contributed by atoms with van der Waals surface area (Å²) in [5, 5.41) is 13.5. The van der Waals surface area contributed by atoms with E-state index in [0.29, 0.717) is 16.8 Å². The Labute approximate surface area is 122 Å². The maximum Gasteiger partial charge on any atom is 0.256 e. The first-order chi connectivity index (χ1) is 10.2. The number of aromatic hydroxyl groups is 1. The first-order valence-corrected chi connectivity index (χ1v) is 6.60. The molecule has 0 aliphatic rings. The molecule has 0 radical (unpaired) electrons. The number of nitrogens with one attached hydrogen (secondary N) is 1. The van der Waals surface area contributed by atoms with Crippen LogP contribution in [0.25, 0.3) is 10.9 Å².